The van der Waals surface area contributed by atoms with Crippen molar-refractivity contribution in [2.24, 2.45) is 0 Å². The van der Waals surface area contributed by atoms with E-state index in [0.29, 0.717) is 21.6 Å². The van der Waals surface area contributed by atoms with E-state index in [9.17, 15) is 15.1 Å². The zero-order valence-corrected chi connectivity index (χ0v) is 10.6. The van der Waals surface area contributed by atoms with E-state index in [2.05, 4.69) is 0 Å². The first-order chi connectivity index (χ1) is 9.61. The number of benzene rings is 1. The number of hydrogen-bond donors (Lipinski definition) is 1. The maximum atomic E-state index is 12.0. The van der Waals surface area contributed by atoms with Crippen molar-refractivity contribution in [3.63, 3.8) is 0 Å². The molecule has 0 aliphatic carbocycles. The standard InChI is InChI=1S/C13H11NO6/c1-2-18-12-7-3-10-11(20-6-19-10)4-9(7)14(17)5-8(12)13(15)16/h3-5H,2,6H2,1H3,(H,15,16). The van der Waals surface area contributed by atoms with Gasteiger partial charge in [0.1, 0.15) is 0 Å². The fraction of sp³-hybridized carbons (Fsp3) is 0.231. The van der Waals surface area contributed by atoms with E-state index >= 15 is 0 Å². The largest absolute Gasteiger partial charge is 0.618 e. The lowest BCUT2D eigenvalue weighted by atomic mass is 10.1. The first-order valence-corrected chi connectivity index (χ1v) is 5.97. The van der Waals surface area contributed by atoms with Gasteiger partial charge in [0.2, 0.25) is 12.3 Å². The van der Waals surface area contributed by atoms with Gasteiger partial charge in [0, 0.05) is 6.07 Å². The number of carboxylic acids is 1. The van der Waals surface area contributed by atoms with Crippen molar-refractivity contribution >= 4 is 16.9 Å². The SMILES string of the molecule is CCOc1c(C(=O)O)c[n+]([O-])c2cc3c(cc12)OCO3. The Balaban J connectivity index is 2.36. The van der Waals surface area contributed by atoms with Crippen LogP contribution in [0.2, 0.25) is 0 Å². The minimum absolute atomic E-state index is 0.0697. The van der Waals surface area contributed by atoms with E-state index in [1.807, 2.05) is 0 Å². The van der Waals surface area contributed by atoms with Crippen LogP contribution in [-0.4, -0.2) is 24.5 Å². The van der Waals surface area contributed by atoms with Crippen LogP contribution < -0.4 is 18.9 Å². The maximum absolute atomic E-state index is 12.0. The van der Waals surface area contributed by atoms with Crippen molar-refractivity contribution in [3.8, 4) is 17.2 Å². The average molecular weight is 277 g/mol. The van der Waals surface area contributed by atoms with Crippen LogP contribution in [0.15, 0.2) is 18.3 Å². The third-order valence-electron chi connectivity index (χ3n) is 2.98. The Morgan fingerprint density at radius 3 is 2.80 bits per heavy atom. The van der Waals surface area contributed by atoms with Crippen molar-refractivity contribution < 1.29 is 28.8 Å². The number of ether oxygens (including phenoxy) is 3. The van der Waals surface area contributed by atoms with Crippen molar-refractivity contribution in [1.29, 1.82) is 0 Å². The van der Waals surface area contributed by atoms with Gasteiger partial charge in [-0.05, 0) is 6.92 Å². The molecule has 2 aromatic rings. The lowest BCUT2D eigenvalue weighted by Gasteiger charge is -2.11. The van der Waals surface area contributed by atoms with E-state index in [-0.39, 0.29) is 30.2 Å². The Bertz CT molecular complexity index is 712. The van der Waals surface area contributed by atoms with Crippen LogP contribution in [0.1, 0.15) is 17.3 Å². The van der Waals surface area contributed by atoms with E-state index in [1.54, 1.807) is 13.0 Å². The molecule has 104 valence electrons. The number of aromatic carboxylic acids is 1. The highest BCUT2D eigenvalue weighted by molar-refractivity contribution is 5.98. The quantitative estimate of drug-likeness (QED) is 0.671. The van der Waals surface area contributed by atoms with Crippen molar-refractivity contribution in [1.82, 2.24) is 0 Å². The Morgan fingerprint density at radius 1 is 1.45 bits per heavy atom. The molecule has 20 heavy (non-hydrogen) atoms. The molecular weight excluding hydrogens is 266 g/mol. The molecule has 1 aromatic heterocycles. The van der Waals surface area contributed by atoms with Gasteiger partial charge in [-0.1, -0.05) is 0 Å². The van der Waals surface area contributed by atoms with Gasteiger partial charge < -0.3 is 24.5 Å². The second-order valence-corrected chi connectivity index (χ2v) is 4.16. The molecule has 0 fully saturated rings. The van der Waals surface area contributed by atoms with Crippen LogP contribution in [0.25, 0.3) is 10.9 Å². The van der Waals surface area contributed by atoms with Crippen LogP contribution >= 0.6 is 0 Å². The first-order valence-electron chi connectivity index (χ1n) is 5.97. The normalized spacial score (nSPS) is 12.7. The summed E-state index contributed by atoms with van der Waals surface area (Å²) in [7, 11) is 0. The summed E-state index contributed by atoms with van der Waals surface area (Å²) in [5.41, 5.74) is 0.0796. The fourth-order valence-corrected chi connectivity index (χ4v) is 2.14. The van der Waals surface area contributed by atoms with Gasteiger partial charge >= 0.3 is 5.97 Å². The van der Waals surface area contributed by atoms with E-state index in [4.69, 9.17) is 14.2 Å². The summed E-state index contributed by atoms with van der Waals surface area (Å²) in [6.45, 7) is 2.09. The zero-order valence-electron chi connectivity index (χ0n) is 10.6. The van der Waals surface area contributed by atoms with Gasteiger partial charge in [0.15, 0.2) is 29.0 Å². The molecule has 0 radical (unpaired) electrons. The molecule has 1 aliphatic rings. The molecule has 0 amide bonds. The van der Waals surface area contributed by atoms with Crippen molar-refractivity contribution in [2.45, 2.75) is 6.92 Å². The minimum atomic E-state index is -1.22. The van der Waals surface area contributed by atoms with Crippen LogP contribution in [0, 0.1) is 5.21 Å². The molecule has 2 heterocycles. The molecule has 7 nitrogen and oxygen atoms in total. The van der Waals surface area contributed by atoms with Crippen molar-refractivity contribution in [2.75, 3.05) is 13.4 Å². The molecular formula is C13H11NO6. The number of carbonyl (C=O) groups is 1. The van der Waals surface area contributed by atoms with E-state index in [0.717, 1.165) is 6.20 Å². The number of fused-ring (bicyclic) bond motifs is 2. The fourth-order valence-electron chi connectivity index (χ4n) is 2.14. The van der Waals surface area contributed by atoms with E-state index in [1.165, 1.54) is 6.07 Å². The van der Waals surface area contributed by atoms with Crippen LogP contribution in [0.5, 0.6) is 17.2 Å². The number of carboxylic acid groups (broad SMARTS) is 1. The molecule has 3 rings (SSSR count). The summed E-state index contributed by atoms with van der Waals surface area (Å²) in [4.78, 5) is 11.2. The molecule has 1 N–H and O–H groups in total. The number of aromatic nitrogens is 1. The molecule has 1 aliphatic heterocycles. The average Bonchev–Trinajstić information content (AvgIpc) is 2.87. The zero-order chi connectivity index (χ0) is 14.3. The summed E-state index contributed by atoms with van der Waals surface area (Å²) >= 11 is 0. The molecule has 7 heteroatoms. The lowest BCUT2D eigenvalue weighted by Crippen LogP contribution is -2.28. The molecule has 0 saturated carbocycles. The number of pyridine rings is 1. The number of rotatable bonds is 3. The monoisotopic (exact) mass is 277 g/mol. The summed E-state index contributed by atoms with van der Waals surface area (Å²) < 4.78 is 16.3. The Morgan fingerprint density at radius 2 is 2.15 bits per heavy atom. The second-order valence-electron chi connectivity index (χ2n) is 4.16. The maximum Gasteiger partial charge on any atom is 0.345 e. The Labute approximate surface area is 113 Å². The minimum Gasteiger partial charge on any atom is -0.618 e. The topological polar surface area (TPSA) is 91.9 Å². The third-order valence-corrected chi connectivity index (χ3v) is 2.98. The van der Waals surface area contributed by atoms with E-state index < -0.39 is 5.97 Å². The van der Waals surface area contributed by atoms with Gasteiger partial charge in [0.05, 0.1) is 18.1 Å². The predicted molar refractivity (Wildman–Crippen MR) is 67.2 cm³/mol. The summed E-state index contributed by atoms with van der Waals surface area (Å²) in [6.07, 6.45) is 0.984. The molecule has 1 aromatic carbocycles. The molecule has 0 bridgehead atoms. The van der Waals surface area contributed by atoms with Gasteiger partial charge in [-0.2, -0.15) is 4.73 Å². The molecule has 0 saturated heterocycles. The third kappa shape index (κ3) is 1.75. The highest BCUT2D eigenvalue weighted by Crippen LogP contribution is 2.39. The highest BCUT2D eigenvalue weighted by atomic mass is 16.7. The number of nitrogens with zero attached hydrogens (tertiary/aromatic N) is 1. The van der Waals surface area contributed by atoms with Gasteiger partial charge in [0.25, 0.3) is 0 Å². The Kier molecular flexibility index (Phi) is 2.74. The van der Waals surface area contributed by atoms with Crippen LogP contribution in [-0.2, 0) is 0 Å². The molecule has 0 atom stereocenters. The molecule has 0 unspecified atom stereocenters. The summed E-state index contributed by atoms with van der Waals surface area (Å²) in [5.74, 6) is -0.161. The first kappa shape index (κ1) is 12.3. The smallest absolute Gasteiger partial charge is 0.345 e. The summed E-state index contributed by atoms with van der Waals surface area (Å²) in [5, 5.41) is 21.5. The van der Waals surface area contributed by atoms with Crippen LogP contribution in [0.3, 0.4) is 0 Å². The van der Waals surface area contributed by atoms with Crippen molar-refractivity contribution in [3.05, 3.63) is 29.1 Å². The summed E-state index contributed by atoms with van der Waals surface area (Å²) in [6, 6.07) is 3.07. The second kappa shape index (κ2) is 4.44. The predicted octanol–water partition coefficient (Wildman–Crippen LogP) is 1.30. The molecule has 0 spiro atoms. The van der Waals surface area contributed by atoms with Gasteiger partial charge in [-0.15, -0.1) is 0 Å². The van der Waals surface area contributed by atoms with Crippen LogP contribution in [0.4, 0.5) is 0 Å². The lowest BCUT2D eigenvalue weighted by molar-refractivity contribution is -0.577. The van der Waals surface area contributed by atoms with Gasteiger partial charge in [-0.3, -0.25) is 0 Å². The number of hydrogen-bond acceptors (Lipinski definition) is 5. The Hall–Kier alpha value is -2.70. The highest BCUT2D eigenvalue weighted by Gasteiger charge is 2.25. The van der Waals surface area contributed by atoms with Gasteiger partial charge in [-0.25, -0.2) is 4.79 Å².